The Labute approximate surface area is 361 Å². The van der Waals surface area contributed by atoms with Crippen LogP contribution in [0.2, 0.25) is 0 Å². The number of phenols is 2. The van der Waals surface area contributed by atoms with Crippen molar-refractivity contribution in [1.82, 2.24) is 0 Å². The van der Waals surface area contributed by atoms with Crippen molar-refractivity contribution in [1.29, 1.82) is 0 Å². The standard InChI is InChI=1S/C56H76N2O2/c1-47-11-37-12-48(2,25-47)28-53(19-37,27-47)41-7-39(9-43(57)45(41)59)51-15-33-5-34(16-51)22-55(21-33,31-51)56-23-35-6-36(24-56)18-52(17-35,32-56)40-8-42(46(60)44(58)10-40)54-20-38-13-49(3,29-54)26-50(4,14-38)30-54/h7-10,33-38,59-60H,5-6,11-32,57-58H2,1-4H3. The van der Waals surface area contributed by atoms with Crippen LogP contribution in [0.3, 0.4) is 0 Å². The van der Waals surface area contributed by atoms with Gasteiger partial charge in [0, 0.05) is 22.0 Å². The summed E-state index contributed by atoms with van der Waals surface area (Å²) in [6.07, 6.45) is 32.2. The Morgan fingerprint density at radius 1 is 0.383 bits per heavy atom. The van der Waals surface area contributed by atoms with Crippen LogP contribution < -0.4 is 11.5 Å². The maximum absolute atomic E-state index is 12.1. The first kappa shape index (κ1) is 37.1. The topological polar surface area (TPSA) is 92.5 Å². The molecular weight excluding hydrogens is 733 g/mol. The van der Waals surface area contributed by atoms with E-state index in [1.807, 2.05) is 0 Å². The molecule has 18 rings (SSSR count). The van der Waals surface area contributed by atoms with E-state index in [-0.39, 0.29) is 21.7 Å². The first-order valence-electron chi connectivity index (χ1n) is 25.5. The molecule has 2 aromatic rings. The number of anilines is 2. The van der Waals surface area contributed by atoms with Gasteiger partial charge in [0.05, 0.1) is 11.4 Å². The molecule has 16 aliphatic rings. The second-order valence-electron chi connectivity index (χ2n) is 28.8. The fraction of sp³-hybridized carbons (Fsp3) is 0.786. The summed E-state index contributed by atoms with van der Waals surface area (Å²) in [5.41, 5.74) is 23.8. The molecular formula is C56H76N2O2. The number of benzene rings is 2. The van der Waals surface area contributed by atoms with Crippen LogP contribution in [0.15, 0.2) is 24.3 Å². The molecule has 16 bridgehead atoms. The van der Waals surface area contributed by atoms with E-state index in [0.717, 1.165) is 35.5 Å². The van der Waals surface area contributed by atoms with Crippen LogP contribution in [0, 0.1) is 68.0 Å². The minimum Gasteiger partial charge on any atom is -0.505 e. The minimum atomic E-state index is 0.0693. The zero-order chi connectivity index (χ0) is 40.9. The van der Waals surface area contributed by atoms with Gasteiger partial charge < -0.3 is 21.7 Å². The fourth-order valence-electron chi connectivity index (χ4n) is 24.7. The molecule has 0 aliphatic heterocycles. The van der Waals surface area contributed by atoms with Crippen LogP contribution in [-0.2, 0) is 21.7 Å². The second kappa shape index (κ2) is 10.8. The van der Waals surface area contributed by atoms with Gasteiger partial charge in [0.25, 0.3) is 0 Å². The highest BCUT2D eigenvalue weighted by Gasteiger charge is 2.71. The quantitative estimate of drug-likeness (QED) is 0.179. The van der Waals surface area contributed by atoms with Crippen LogP contribution >= 0.6 is 0 Å². The number of rotatable bonds is 5. The van der Waals surface area contributed by atoms with E-state index in [1.165, 1.54) is 176 Å². The molecule has 0 heterocycles. The largest absolute Gasteiger partial charge is 0.505 e. The third-order valence-corrected chi connectivity index (χ3v) is 23.1. The van der Waals surface area contributed by atoms with E-state index < -0.39 is 0 Å². The van der Waals surface area contributed by atoms with Crippen molar-refractivity contribution in [3.63, 3.8) is 0 Å². The van der Waals surface area contributed by atoms with E-state index in [9.17, 15) is 10.2 Å². The molecule has 0 aromatic heterocycles. The van der Waals surface area contributed by atoms with Crippen LogP contribution in [-0.4, -0.2) is 10.2 Å². The minimum absolute atomic E-state index is 0.0693. The molecule has 16 aliphatic carbocycles. The van der Waals surface area contributed by atoms with Crippen molar-refractivity contribution in [2.75, 3.05) is 11.5 Å². The Kier molecular flexibility index (Phi) is 6.65. The first-order valence-corrected chi connectivity index (χ1v) is 25.5. The molecule has 8 unspecified atom stereocenters. The van der Waals surface area contributed by atoms with Gasteiger partial charge in [-0.15, -0.1) is 0 Å². The summed E-state index contributed by atoms with van der Waals surface area (Å²) in [5, 5.41) is 24.1. The summed E-state index contributed by atoms with van der Waals surface area (Å²) in [5.74, 6) is 5.65. The van der Waals surface area contributed by atoms with Crippen molar-refractivity contribution in [2.45, 2.75) is 203 Å². The summed E-state index contributed by atoms with van der Waals surface area (Å²) < 4.78 is 0. The summed E-state index contributed by atoms with van der Waals surface area (Å²) >= 11 is 0. The number of nitrogens with two attached hydrogens (primary N) is 2. The molecule has 16 saturated carbocycles. The maximum atomic E-state index is 12.1. The Balaban J connectivity index is 0.855. The van der Waals surface area contributed by atoms with Gasteiger partial charge in [-0.25, -0.2) is 0 Å². The van der Waals surface area contributed by atoms with Crippen LogP contribution in [0.4, 0.5) is 11.4 Å². The molecule has 322 valence electrons. The van der Waals surface area contributed by atoms with Crippen LogP contribution in [0.5, 0.6) is 11.5 Å². The Bertz CT molecular complexity index is 2050. The fourth-order valence-corrected chi connectivity index (χ4v) is 24.7. The van der Waals surface area contributed by atoms with Crippen molar-refractivity contribution in [3.05, 3.63) is 46.5 Å². The predicted molar refractivity (Wildman–Crippen MR) is 241 cm³/mol. The van der Waals surface area contributed by atoms with Crippen LogP contribution in [0.1, 0.15) is 204 Å². The van der Waals surface area contributed by atoms with Gasteiger partial charge in [-0.05, 0) is 256 Å². The highest BCUT2D eigenvalue weighted by Crippen LogP contribution is 2.80. The molecule has 8 atom stereocenters. The number of phenolic OH excluding ortho intramolecular Hbond substituents is 2. The van der Waals surface area contributed by atoms with Crippen LogP contribution in [0.25, 0.3) is 0 Å². The highest BCUT2D eigenvalue weighted by molar-refractivity contribution is 5.64. The van der Waals surface area contributed by atoms with E-state index in [0.29, 0.717) is 55.4 Å². The molecule has 0 spiro atoms. The lowest BCUT2D eigenvalue weighted by atomic mass is 9.30. The number of hydrogen-bond donors (Lipinski definition) is 4. The van der Waals surface area contributed by atoms with Crippen molar-refractivity contribution < 1.29 is 10.2 Å². The molecule has 0 radical (unpaired) electrons. The average Bonchev–Trinajstić information content (AvgIpc) is 3.09. The SMILES string of the molecule is CC12CC3CC(C)(C1)CC(c1cc(C45CC6CC(C4)CC(C47CC8CC(CC(c9cc(N)c(O)c(C%10%11CC%12CC(C)(CC(C)(C%12)C%10)C%11)c9)(C8)C4)C7)(C6)C5)cc(N)c1O)(C3)C2. The Hall–Kier alpha value is -2.36. The third-order valence-electron chi connectivity index (χ3n) is 23.1. The lowest BCUT2D eigenvalue weighted by Gasteiger charge is -2.74. The molecule has 4 heteroatoms. The van der Waals surface area contributed by atoms with Crippen molar-refractivity contribution in [2.24, 2.45) is 68.0 Å². The van der Waals surface area contributed by atoms with Crippen molar-refractivity contribution in [3.8, 4) is 11.5 Å². The highest BCUT2D eigenvalue weighted by atomic mass is 16.3. The monoisotopic (exact) mass is 809 g/mol. The van der Waals surface area contributed by atoms with Gasteiger partial charge in [-0.2, -0.15) is 0 Å². The molecule has 4 nitrogen and oxygen atoms in total. The number of nitrogen functional groups attached to an aromatic ring is 2. The van der Waals surface area contributed by atoms with Gasteiger partial charge >= 0.3 is 0 Å². The van der Waals surface area contributed by atoms with E-state index in [2.05, 4.69) is 52.0 Å². The first-order chi connectivity index (χ1) is 28.3. The zero-order valence-electron chi connectivity index (χ0n) is 37.8. The van der Waals surface area contributed by atoms with E-state index in [1.54, 1.807) is 0 Å². The molecule has 2 aromatic carbocycles. The average molecular weight is 809 g/mol. The number of aromatic hydroxyl groups is 2. The normalized spacial score (nSPS) is 55.7. The molecule has 16 fully saturated rings. The number of hydrogen-bond acceptors (Lipinski definition) is 4. The Morgan fingerprint density at radius 3 is 1.02 bits per heavy atom. The van der Waals surface area contributed by atoms with Crippen molar-refractivity contribution >= 4 is 11.4 Å². The Morgan fingerprint density at radius 2 is 0.700 bits per heavy atom. The summed E-state index contributed by atoms with van der Waals surface area (Å²) in [6.45, 7) is 10.3. The van der Waals surface area contributed by atoms with Gasteiger partial charge in [0.1, 0.15) is 11.5 Å². The van der Waals surface area contributed by atoms with Gasteiger partial charge in [0.2, 0.25) is 0 Å². The van der Waals surface area contributed by atoms with Gasteiger partial charge in [-0.1, -0.05) is 39.8 Å². The van der Waals surface area contributed by atoms with Gasteiger partial charge in [-0.3, -0.25) is 0 Å². The predicted octanol–water partition coefficient (Wildman–Crippen LogP) is 13.1. The third kappa shape index (κ3) is 4.67. The smallest absolute Gasteiger partial charge is 0.142 e. The lowest BCUT2D eigenvalue weighted by molar-refractivity contribution is -0.212. The van der Waals surface area contributed by atoms with E-state index >= 15 is 0 Å². The second-order valence-corrected chi connectivity index (χ2v) is 28.8. The maximum Gasteiger partial charge on any atom is 0.142 e. The summed E-state index contributed by atoms with van der Waals surface area (Å²) in [7, 11) is 0. The van der Waals surface area contributed by atoms with Gasteiger partial charge in [0.15, 0.2) is 0 Å². The molecule has 6 N–H and O–H groups in total. The van der Waals surface area contributed by atoms with E-state index in [4.69, 9.17) is 11.5 Å². The zero-order valence-corrected chi connectivity index (χ0v) is 37.8. The molecule has 0 saturated heterocycles. The lowest BCUT2D eigenvalue weighted by Crippen LogP contribution is -2.66. The molecule has 60 heavy (non-hydrogen) atoms. The summed E-state index contributed by atoms with van der Waals surface area (Å²) in [4.78, 5) is 0. The summed E-state index contributed by atoms with van der Waals surface area (Å²) in [6, 6.07) is 9.83. The molecule has 0 amide bonds.